The number of carbonyl (C=O) groups excluding carboxylic acids is 2. The number of amides is 2. The van der Waals surface area contributed by atoms with Gasteiger partial charge in [-0.1, -0.05) is 30.3 Å². The third kappa shape index (κ3) is 3.70. The zero-order valence-electron chi connectivity index (χ0n) is 16.7. The summed E-state index contributed by atoms with van der Waals surface area (Å²) in [6.45, 7) is 1.89. The van der Waals surface area contributed by atoms with E-state index in [1.807, 2.05) is 37.3 Å². The Hall–Kier alpha value is -2.21. The number of nitrogens with zero attached hydrogens (tertiary/aromatic N) is 1. The van der Waals surface area contributed by atoms with Gasteiger partial charge in [-0.05, 0) is 68.6 Å². The molecule has 4 fully saturated rings. The van der Waals surface area contributed by atoms with E-state index >= 15 is 0 Å². The van der Waals surface area contributed by atoms with Crippen molar-refractivity contribution in [2.75, 3.05) is 0 Å². The molecule has 29 heavy (non-hydrogen) atoms. The lowest BCUT2D eigenvalue weighted by atomic mass is 9.49. The Morgan fingerprint density at radius 1 is 1.03 bits per heavy atom. The average Bonchev–Trinajstić information content (AvgIpc) is 3.07. The Bertz CT molecular complexity index is 902. The fourth-order valence-corrected chi connectivity index (χ4v) is 7.28. The van der Waals surface area contributed by atoms with Crippen LogP contribution in [0.2, 0.25) is 0 Å². The number of aromatic nitrogens is 1. The maximum atomic E-state index is 12.8. The van der Waals surface area contributed by atoms with E-state index in [1.165, 1.54) is 49.9 Å². The van der Waals surface area contributed by atoms with Gasteiger partial charge in [-0.25, -0.2) is 4.98 Å². The molecule has 4 bridgehead atoms. The highest BCUT2D eigenvalue weighted by atomic mass is 32.1. The van der Waals surface area contributed by atoms with Crippen LogP contribution < -0.4 is 10.9 Å². The maximum Gasteiger partial charge on any atom is 0.282 e. The number of benzene rings is 1. The van der Waals surface area contributed by atoms with Crippen molar-refractivity contribution in [3.63, 3.8) is 0 Å². The Labute approximate surface area is 175 Å². The zero-order chi connectivity index (χ0) is 20.0. The first-order valence-corrected chi connectivity index (χ1v) is 11.4. The first-order chi connectivity index (χ1) is 14.0. The molecule has 4 aliphatic rings. The molecule has 1 aromatic carbocycles. The summed E-state index contributed by atoms with van der Waals surface area (Å²) in [5, 5.41) is 0.828. The lowest BCUT2D eigenvalue weighted by Crippen LogP contribution is -2.50. The number of hydrogen-bond donors (Lipinski definition) is 2. The third-order valence-electron chi connectivity index (χ3n) is 7.00. The smallest absolute Gasteiger partial charge is 0.273 e. The molecular weight excluding hydrogens is 382 g/mol. The quantitative estimate of drug-likeness (QED) is 0.731. The second-order valence-electron chi connectivity index (χ2n) is 9.37. The van der Waals surface area contributed by atoms with E-state index in [4.69, 9.17) is 0 Å². The predicted molar refractivity (Wildman–Crippen MR) is 113 cm³/mol. The summed E-state index contributed by atoms with van der Waals surface area (Å²) >= 11 is 1.35. The molecular formula is C23H27N3O2S. The highest BCUT2D eigenvalue weighted by Gasteiger charge is 2.51. The molecule has 0 radical (unpaired) electrons. The molecule has 1 aromatic heterocycles. The normalized spacial score (nSPS) is 29.6. The van der Waals surface area contributed by atoms with Gasteiger partial charge in [0.05, 0.1) is 10.7 Å². The summed E-state index contributed by atoms with van der Waals surface area (Å²) in [5.41, 5.74) is 7.06. The van der Waals surface area contributed by atoms with Crippen LogP contribution in [-0.2, 0) is 4.79 Å². The van der Waals surface area contributed by atoms with Crippen molar-refractivity contribution in [3.8, 4) is 11.3 Å². The van der Waals surface area contributed by atoms with Crippen LogP contribution in [-0.4, -0.2) is 16.8 Å². The van der Waals surface area contributed by atoms with Crippen molar-refractivity contribution in [3.05, 3.63) is 40.2 Å². The Morgan fingerprint density at radius 2 is 1.66 bits per heavy atom. The van der Waals surface area contributed by atoms with Gasteiger partial charge in [0.1, 0.15) is 4.88 Å². The summed E-state index contributed by atoms with van der Waals surface area (Å²) < 4.78 is 0. The van der Waals surface area contributed by atoms with Crippen molar-refractivity contribution in [2.24, 2.45) is 23.2 Å². The van der Waals surface area contributed by atoms with E-state index < -0.39 is 0 Å². The van der Waals surface area contributed by atoms with Crippen molar-refractivity contribution in [1.82, 2.24) is 15.8 Å². The first-order valence-electron chi connectivity index (χ1n) is 10.6. The molecule has 2 aromatic rings. The molecule has 2 N–H and O–H groups in total. The number of thiazole rings is 1. The Balaban J connectivity index is 1.23. The maximum absolute atomic E-state index is 12.8. The summed E-state index contributed by atoms with van der Waals surface area (Å²) in [7, 11) is 0. The van der Waals surface area contributed by atoms with Gasteiger partial charge in [0, 0.05) is 12.0 Å². The monoisotopic (exact) mass is 409 g/mol. The minimum Gasteiger partial charge on any atom is -0.273 e. The Morgan fingerprint density at radius 3 is 2.28 bits per heavy atom. The average molecular weight is 410 g/mol. The number of hydrazine groups is 1. The molecule has 152 valence electrons. The summed E-state index contributed by atoms with van der Waals surface area (Å²) in [4.78, 5) is 30.5. The summed E-state index contributed by atoms with van der Waals surface area (Å²) in [5.74, 6) is 2.09. The molecule has 0 spiro atoms. The van der Waals surface area contributed by atoms with Gasteiger partial charge >= 0.3 is 0 Å². The van der Waals surface area contributed by atoms with E-state index in [1.54, 1.807) is 0 Å². The third-order valence-corrected chi connectivity index (χ3v) is 7.97. The highest BCUT2D eigenvalue weighted by molar-refractivity contribution is 7.14. The first kappa shape index (κ1) is 18.8. The lowest BCUT2D eigenvalue weighted by molar-refractivity contribution is -0.130. The molecule has 0 atom stereocenters. The predicted octanol–water partition coefficient (Wildman–Crippen LogP) is 4.49. The van der Waals surface area contributed by atoms with Gasteiger partial charge in [0.15, 0.2) is 0 Å². The van der Waals surface area contributed by atoms with Crippen molar-refractivity contribution in [1.29, 1.82) is 0 Å². The SMILES string of the molecule is Cc1nc(-c2ccccc2)c(C(=O)NNC(=O)CC23CC4CC(CC(C4)C2)C3)s1. The van der Waals surface area contributed by atoms with E-state index in [9.17, 15) is 9.59 Å². The van der Waals surface area contributed by atoms with Crippen LogP contribution in [0.15, 0.2) is 30.3 Å². The standard InChI is InChI=1S/C23H27N3O2S/c1-14-24-20(18-5-3-2-4-6-18)21(29-14)22(28)26-25-19(27)13-23-10-15-7-16(11-23)9-17(8-15)12-23/h2-6,15-17H,7-13H2,1H3,(H,25,27)(H,26,28). The number of carbonyl (C=O) groups is 2. The molecule has 0 aliphatic heterocycles. The van der Waals surface area contributed by atoms with E-state index in [0.717, 1.165) is 28.3 Å². The molecule has 0 saturated heterocycles. The van der Waals surface area contributed by atoms with Crippen LogP contribution >= 0.6 is 11.3 Å². The number of hydrogen-bond acceptors (Lipinski definition) is 4. The topological polar surface area (TPSA) is 71.1 Å². The van der Waals surface area contributed by atoms with E-state index in [-0.39, 0.29) is 17.2 Å². The molecule has 2 amide bonds. The van der Waals surface area contributed by atoms with Crippen LogP contribution in [0.25, 0.3) is 11.3 Å². The number of rotatable bonds is 4. The van der Waals surface area contributed by atoms with Crippen LogP contribution in [0.3, 0.4) is 0 Å². The van der Waals surface area contributed by atoms with Gasteiger partial charge in [0.2, 0.25) is 5.91 Å². The molecule has 1 heterocycles. The fourth-order valence-electron chi connectivity index (χ4n) is 6.45. The van der Waals surface area contributed by atoms with Gasteiger partial charge in [-0.3, -0.25) is 20.4 Å². The molecule has 0 unspecified atom stereocenters. The minimum absolute atomic E-state index is 0.0669. The van der Waals surface area contributed by atoms with Gasteiger partial charge in [0.25, 0.3) is 5.91 Å². The van der Waals surface area contributed by atoms with Crippen LogP contribution in [0, 0.1) is 30.1 Å². The molecule has 6 rings (SSSR count). The highest BCUT2D eigenvalue weighted by Crippen LogP contribution is 2.61. The summed E-state index contributed by atoms with van der Waals surface area (Å²) in [6.07, 6.45) is 8.19. The van der Waals surface area contributed by atoms with Gasteiger partial charge in [-0.15, -0.1) is 11.3 Å². The van der Waals surface area contributed by atoms with Crippen molar-refractivity contribution < 1.29 is 9.59 Å². The van der Waals surface area contributed by atoms with Crippen molar-refractivity contribution in [2.45, 2.75) is 51.9 Å². The van der Waals surface area contributed by atoms with Gasteiger partial charge < -0.3 is 0 Å². The van der Waals surface area contributed by atoms with Gasteiger partial charge in [-0.2, -0.15) is 0 Å². The van der Waals surface area contributed by atoms with Crippen LogP contribution in [0.5, 0.6) is 0 Å². The Kier molecular flexibility index (Phi) is 4.69. The lowest BCUT2D eigenvalue weighted by Gasteiger charge is -2.56. The number of nitrogens with one attached hydrogen (secondary N) is 2. The van der Waals surface area contributed by atoms with Crippen molar-refractivity contribution >= 4 is 23.2 Å². The van der Waals surface area contributed by atoms with Crippen LogP contribution in [0.1, 0.15) is 59.6 Å². The molecule has 4 aliphatic carbocycles. The van der Waals surface area contributed by atoms with Crippen LogP contribution in [0.4, 0.5) is 0 Å². The second kappa shape index (κ2) is 7.24. The molecule has 5 nitrogen and oxygen atoms in total. The van der Waals surface area contributed by atoms with E-state index in [2.05, 4.69) is 15.8 Å². The fraction of sp³-hybridized carbons (Fsp3) is 0.522. The number of aryl methyl sites for hydroxylation is 1. The molecule has 6 heteroatoms. The molecule has 4 saturated carbocycles. The second-order valence-corrected chi connectivity index (χ2v) is 10.6. The largest absolute Gasteiger partial charge is 0.282 e. The summed E-state index contributed by atoms with van der Waals surface area (Å²) in [6, 6.07) is 9.68. The minimum atomic E-state index is -0.298. The van der Waals surface area contributed by atoms with E-state index in [0.29, 0.717) is 17.0 Å². The zero-order valence-corrected chi connectivity index (χ0v) is 17.6.